The van der Waals surface area contributed by atoms with Crippen molar-refractivity contribution in [2.75, 3.05) is 6.54 Å². The number of aromatic nitrogens is 1. The summed E-state index contributed by atoms with van der Waals surface area (Å²) in [6.45, 7) is 1.52. The number of ether oxygens (including phenoxy) is 1. The van der Waals surface area contributed by atoms with Gasteiger partial charge >= 0.3 is 4.87 Å². The smallest absolute Gasteiger partial charge is 0.304 e. The van der Waals surface area contributed by atoms with Crippen molar-refractivity contribution < 1.29 is 4.74 Å². The molecule has 0 amide bonds. The predicted octanol–water partition coefficient (Wildman–Crippen LogP) is 1.22. The minimum Gasteiger partial charge on any atom is -0.497 e. The van der Waals surface area contributed by atoms with Crippen LogP contribution in [0.4, 0.5) is 0 Å². The van der Waals surface area contributed by atoms with Crippen molar-refractivity contribution in [1.29, 1.82) is 0 Å². The highest BCUT2D eigenvalue weighted by molar-refractivity contribution is 7.07. The number of aromatic amines is 1. The van der Waals surface area contributed by atoms with Crippen molar-refractivity contribution in [3.63, 3.8) is 0 Å². The summed E-state index contributed by atoms with van der Waals surface area (Å²) in [6, 6.07) is 0. The number of allylic oxidation sites excluding steroid dienone is 1. The summed E-state index contributed by atoms with van der Waals surface area (Å²) in [6.07, 6.45) is 6.21. The molecular weight excluding hydrogens is 212 g/mol. The van der Waals surface area contributed by atoms with Crippen LogP contribution in [0.25, 0.3) is 0 Å². The molecular formula is C10H14N2O2S. The summed E-state index contributed by atoms with van der Waals surface area (Å²) >= 11 is 1.20. The molecule has 0 radical (unpaired) electrons. The van der Waals surface area contributed by atoms with Gasteiger partial charge in [0.15, 0.2) is 0 Å². The molecule has 2 rings (SSSR count). The zero-order valence-corrected chi connectivity index (χ0v) is 9.18. The highest BCUT2D eigenvalue weighted by atomic mass is 32.1. The number of hydrogen-bond acceptors (Lipinski definition) is 4. The number of hydrogen-bond donors (Lipinski definition) is 2. The zero-order chi connectivity index (χ0) is 10.5. The minimum atomic E-state index is 0.00338. The molecule has 0 saturated heterocycles. The second-order valence-electron chi connectivity index (χ2n) is 3.51. The Bertz CT molecular complexity index is 383. The molecule has 0 aliphatic carbocycles. The van der Waals surface area contributed by atoms with Gasteiger partial charge in [0.25, 0.3) is 0 Å². The molecule has 1 aliphatic rings. The Morgan fingerprint density at radius 1 is 1.67 bits per heavy atom. The van der Waals surface area contributed by atoms with Crippen LogP contribution in [0.1, 0.15) is 18.5 Å². The second kappa shape index (κ2) is 5.14. The van der Waals surface area contributed by atoms with Crippen molar-refractivity contribution in [3.05, 3.63) is 33.1 Å². The minimum absolute atomic E-state index is 0.00338. The van der Waals surface area contributed by atoms with E-state index in [-0.39, 0.29) is 11.0 Å². The molecule has 0 fully saturated rings. The summed E-state index contributed by atoms with van der Waals surface area (Å²) < 4.78 is 5.41. The topological polar surface area (TPSA) is 54.1 Å². The molecule has 1 aromatic rings. The van der Waals surface area contributed by atoms with Gasteiger partial charge in [-0.3, -0.25) is 4.79 Å². The summed E-state index contributed by atoms with van der Waals surface area (Å²) in [5.41, 5.74) is 0.941. The Morgan fingerprint density at radius 3 is 3.27 bits per heavy atom. The van der Waals surface area contributed by atoms with Gasteiger partial charge in [-0.2, -0.15) is 0 Å². The number of H-pyrrole nitrogens is 1. The van der Waals surface area contributed by atoms with Crippen LogP contribution in [0.3, 0.4) is 0 Å². The van der Waals surface area contributed by atoms with E-state index in [0.29, 0.717) is 6.54 Å². The van der Waals surface area contributed by atoms with Gasteiger partial charge in [-0.1, -0.05) is 11.3 Å². The number of rotatable bonds is 4. The van der Waals surface area contributed by atoms with Crippen LogP contribution >= 0.6 is 11.3 Å². The van der Waals surface area contributed by atoms with Crippen LogP contribution < -0.4 is 10.2 Å². The average molecular weight is 226 g/mol. The van der Waals surface area contributed by atoms with Crippen LogP contribution in [0.15, 0.2) is 22.5 Å². The van der Waals surface area contributed by atoms with E-state index in [1.54, 1.807) is 6.26 Å². The van der Waals surface area contributed by atoms with Gasteiger partial charge < -0.3 is 15.0 Å². The Hall–Kier alpha value is -1.07. The van der Waals surface area contributed by atoms with E-state index in [1.165, 1.54) is 11.3 Å². The van der Waals surface area contributed by atoms with Gasteiger partial charge in [-0.15, -0.1) is 0 Å². The van der Waals surface area contributed by atoms with Crippen LogP contribution in [0.2, 0.25) is 0 Å². The van der Waals surface area contributed by atoms with Gasteiger partial charge in [0, 0.05) is 24.2 Å². The van der Waals surface area contributed by atoms with Crippen LogP contribution in [-0.2, 0) is 11.3 Å². The van der Waals surface area contributed by atoms with E-state index in [4.69, 9.17) is 4.74 Å². The summed E-state index contributed by atoms with van der Waals surface area (Å²) in [5.74, 6) is 0. The first-order valence-corrected chi connectivity index (χ1v) is 5.90. The van der Waals surface area contributed by atoms with Gasteiger partial charge in [-0.05, 0) is 18.9 Å². The van der Waals surface area contributed by atoms with E-state index in [2.05, 4.69) is 10.3 Å². The van der Waals surface area contributed by atoms with Crippen molar-refractivity contribution in [2.45, 2.75) is 25.5 Å². The molecule has 82 valence electrons. The zero-order valence-electron chi connectivity index (χ0n) is 8.36. The maximum atomic E-state index is 10.9. The van der Waals surface area contributed by atoms with Crippen molar-refractivity contribution in [3.8, 4) is 0 Å². The van der Waals surface area contributed by atoms with Crippen molar-refractivity contribution in [2.24, 2.45) is 0 Å². The molecule has 5 heteroatoms. The fourth-order valence-electron chi connectivity index (χ4n) is 1.50. The summed E-state index contributed by atoms with van der Waals surface area (Å²) in [5, 5.41) is 5.11. The Labute approximate surface area is 92.0 Å². The lowest BCUT2D eigenvalue weighted by atomic mass is 10.1. The quantitative estimate of drug-likeness (QED) is 0.811. The molecule has 0 saturated carbocycles. The maximum Gasteiger partial charge on any atom is 0.304 e. The average Bonchev–Trinajstić information content (AvgIpc) is 2.66. The molecule has 0 spiro atoms. The fraction of sp³-hybridized carbons (Fsp3) is 0.500. The lowest BCUT2D eigenvalue weighted by Crippen LogP contribution is -2.28. The third-order valence-corrected chi connectivity index (χ3v) is 3.00. The third kappa shape index (κ3) is 3.21. The summed E-state index contributed by atoms with van der Waals surface area (Å²) in [7, 11) is 0. The molecule has 2 heterocycles. The molecule has 4 nitrogen and oxygen atoms in total. The second-order valence-corrected chi connectivity index (χ2v) is 4.35. The Morgan fingerprint density at radius 2 is 2.60 bits per heavy atom. The van der Waals surface area contributed by atoms with E-state index < -0.39 is 0 Å². The van der Waals surface area contributed by atoms with Crippen LogP contribution in [0, 0.1) is 0 Å². The number of nitrogens with one attached hydrogen (secondary N) is 2. The molecule has 1 atom stereocenters. The largest absolute Gasteiger partial charge is 0.497 e. The Kier molecular flexibility index (Phi) is 3.58. The fourth-order valence-corrected chi connectivity index (χ4v) is 2.08. The van der Waals surface area contributed by atoms with E-state index in [9.17, 15) is 4.79 Å². The van der Waals surface area contributed by atoms with E-state index in [0.717, 1.165) is 25.1 Å². The number of thiazole rings is 1. The first kappa shape index (κ1) is 10.4. The SMILES string of the molecule is O=c1[nH]c(CNCC2CCC=CO2)cs1. The molecule has 1 unspecified atom stereocenters. The van der Waals surface area contributed by atoms with Crippen molar-refractivity contribution >= 4 is 11.3 Å². The van der Waals surface area contributed by atoms with Crippen LogP contribution in [-0.4, -0.2) is 17.6 Å². The first-order valence-electron chi connectivity index (χ1n) is 5.02. The van der Waals surface area contributed by atoms with Gasteiger partial charge in [0.1, 0.15) is 6.10 Å². The molecule has 0 bridgehead atoms. The van der Waals surface area contributed by atoms with Gasteiger partial charge in [0.2, 0.25) is 0 Å². The molecule has 2 N–H and O–H groups in total. The molecule has 1 aliphatic heterocycles. The van der Waals surface area contributed by atoms with Gasteiger partial charge in [0.05, 0.1) is 6.26 Å². The van der Waals surface area contributed by atoms with E-state index >= 15 is 0 Å². The van der Waals surface area contributed by atoms with E-state index in [1.807, 2.05) is 11.5 Å². The molecule has 15 heavy (non-hydrogen) atoms. The monoisotopic (exact) mass is 226 g/mol. The Balaban J connectivity index is 1.70. The van der Waals surface area contributed by atoms with Crippen molar-refractivity contribution in [1.82, 2.24) is 10.3 Å². The molecule has 1 aromatic heterocycles. The normalized spacial score (nSPS) is 20.1. The highest BCUT2D eigenvalue weighted by Gasteiger charge is 2.09. The molecule has 0 aromatic carbocycles. The van der Waals surface area contributed by atoms with Crippen LogP contribution in [0.5, 0.6) is 0 Å². The lowest BCUT2D eigenvalue weighted by molar-refractivity contribution is 0.122. The third-order valence-electron chi connectivity index (χ3n) is 2.28. The van der Waals surface area contributed by atoms with Gasteiger partial charge in [-0.25, -0.2) is 0 Å². The highest BCUT2D eigenvalue weighted by Crippen LogP contribution is 2.09. The first-order chi connectivity index (χ1) is 7.34. The standard InChI is InChI=1S/C10H14N2O2S/c13-10-12-8(7-15-10)5-11-6-9-3-1-2-4-14-9/h2,4,7,9,11H,1,3,5-6H2,(H,12,13). The summed E-state index contributed by atoms with van der Waals surface area (Å²) in [4.78, 5) is 13.6. The maximum absolute atomic E-state index is 10.9. The lowest BCUT2D eigenvalue weighted by Gasteiger charge is -2.19. The predicted molar refractivity (Wildman–Crippen MR) is 59.9 cm³/mol.